The van der Waals surface area contributed by atoms with Crippen LogP contribution in [0.4, 0.5) is 11.4 Å². The highest BCUT2D eigenvalue weighted by atomic mass is 35.5. The summed E-state index contributed by atoms with van der Waals surface area (Å²) < 4.78 is 1.21. The van der Waals surface area contributed by atoms with Gasteiger partial charge in [0.05, 0.1) is 11.4 Å². The maximum absolute atomic E-state index is 12.7. The summed E-state index contributed by atoms with van der Waals surface area (Å²) in [6.45, 7) is 5.53. The summed E-state index contributed by atoms with van der Waals surface area (Å²) in [6, 6.07) is 6.82. The molecule has 1 aromatic carbocycles. The highest BCUT2D eigenvalue weighted by Gasteiger charge is 2.16. The van der Waals surface area contributed by atoms with Crippen molar-refractivity contribution in [3.8, 4) is 5.95 Å². The lowest BCUT2D eigenvalue weighted by molar-refractivity contribution is 0.763. The first kappa shape index (κ1) is 18.3. The Bertz CT molecular complexity index is 1010. The Morgan fingerprint density at radius 1 is 1.12 bits per heavy atom. The van der Waals surface area contributed by atoms with E-state index in [-0.39, 0.29) is 11.6 Å². The molecule has 0 saturated carbocycles. The fourth-order valence-electron chi connectivity index (χ4n) is 2.46. The van der Waals surface area contributed by atoms with Crippen LogP contribution in [0.2, 0.25) is 10.2 Å². The van der Waals surface area contributed by atoms with Gasteiger partial charge >= 0.3 is 5.56 Å². The number of aryl methyl sites for hydroxylation is 2. The van der Waals surface area contributed by atoms with E-state index in [9.17, 15) is 4.79 Å². The predicted molar refractivity (Wildman–Crippen MR) is 101 cm³/mol. The quantitative estimate of drug-likeness (QED) is 0.509. The first-order chi connectivity index (χ1) is 12.4. The zero-order valence-corrected chi connectivity index (χ0v) is 15.9. The first-order valence-electron chi connectivity index (χ1n) is 7.93. The van der Waals surface area contributed by atoms with Crippen molar-refractivity contribution in [3.05, 3.63) is 61.7 Å². The minimum Gasteiger partial charge on any atom is -0.290 e. The molecule has 134 valence electrons. The monoisotopic (exact) mass is 390 g/mol. The molecule has 2 heterocycles. The second kappa shape index (κ2) is 7.39. The maximum Gasteiger partial charge on any atom is 0.301 e. The Morgan fingerprint density at radius 2 is 1.81 bits per heavy atom. The van der Waals surface area contributed by atoms with Gasteiger partial charge in [0.15, 0.2) is 5.69 Å². The maximum atomic E-state index is 12.7. The number of benzene rings is 1. The number of halogens is 2. The van der Waals surface area contributed by atoms with Crippen molar-refractivity contribution < 1.29 is 0 Å². The van der Waals surface area contributed by atoms with Gasteiger partial charge in [0.1, 0.15) is 5.15 Å². The normalized spacial score (nSPS) is 11.4. The van der Waals surface area contributed by atoms with E-state index in [2.05, 4.69) is 25.3 Å². The van der Waals surface area contributed by atoms with Gasteiger partial charge in [-0.1, -0.05) is 30.1 Å². The van der Waals surface area contributed by atoms with E-state index >= 15 is 0 Å². The Labute approximate surface area is 159 Å². The molecule has 0 spiro atoms. The van der Waals surface area contributed by atoms with E-state index in [4.69, 9.17) is 23.2 Å². The van der Waals surface area contributed by atoms with Crippen molar-refractivity contribution in [2.45, 2.75) is 27.2 Å². The summed E-state index contributed by atoms with van der Waals surface area (Å²) in [5.41, 5.74) is 2.49. The molecule has 0 saturated heterocycles. The Balaban J connectivity index is 2.01. The first-order valence-corrected chi connectivity index (χ1v) is 8.68. The van der Waals surface area contributed by atoms with Gasteiger partial charge < -0.3 is 0 Å². The third kappa shape index (κ3) is 3.54. The molecule has 0 bridgehead atoms. The van der Waals surface area contributed by atoms with Gasteiger partial charge in [0.2, 0.25) is 0 Å². The van der Waals surface area contributed by atoms with E-state index in [0.29, 0.717) is 28.0 Å². The molecule has 0 aliphatic heterocycles. The van der Waals surface area contributed by atoms with Crippen LogP contribution in [0.5, 0.6) is 0 Å². The largest absolute Gasteiger partial charge is 0.301 e. The lowest BCUT2D eigenvalue weighted by atomic mass is 10.2. The zero-order valence-electron chi connectivity index (χ0n) is 14.4. The van der Waals surface area contributed by atoms with Crippen LogP contribution in [0.15, 0.2) is 39.3 Å². The molecule has 26 heavy (non-hydrogen) atoms. The predicted octanol–water partition coefficient (Wildman–Crippen LogP) is 4.86. The fraction of sp³-hybridized carbons (Fsp3) is 0.235. The summed E-state index contributed by atoms with van der Waals surface area (Å²) >= 11 is 12.0. The highest BCUT2D eigenvalue weighted by Crippen LogP contribution is 2.21. The van der Waals surface area contributed by atoms with Gasteiger partial charge in [0, 0.05) is 16.3 Å². The molecule has 0 fully saturated rings. The fourth-order valence-corrected chi connectivity index (χ4v) is 2.93. The van der Waals surface area contributed by atoms with Crippen molar-refractivity contribution in [2.75, 3.05) is 0 Å². The van der Waals surface area contributed by atoms with Gasteiger partial charge in [0.25, 0.3) is 5.95 Å². The zero-order chi connectivity index (χ0) is 18.8. The van der Waals surface area contributed by atoms with E-state index in [1.54, 1.807) is 31.2 Å². The molecule has 3 aromatic rings. The standard InChI is InChI=1S/C17H16Cl2N6O/c1-4-13-9(2)20-17(21-15(13)19)25-16(26)14(10(3)24-25)23-22-12-7-5-11(18)6-8-12/h5-8,24H,4H2,1-3H3. The lowest BCUT2D eigenvalue weighted by Gasteiger charge is -2.07. The van der Waals surface area contributed by atoms with Crippen LogP contribution in [0, 0.1) is 13.8 Å². The van der Waals surface area contributed by atoms with Crippen LogP contribution in [0.25, 0.3) is 5.95 Å². The van der Waals surface area contributed by atoms with Crippen LogP contribution in [-0.4, -0.2) is 19.7 Å². The summed E-state index contributed by atoms with van der Waals surface area (Å²) in [5, 5.41) is 12.0. The number of hydrogen-bond donors (Lipinski definition) is 1. The molecule has 3 rings (SSSR count). The van der Waals surface area contributed by atoms with Crippen molar-refractivity contribution in [1.82, 2.24) is 19.7 Å². The highest BCUT2D eigenvalue weighted by molar-refractivity contribution is 6.30. The molecule has 1 N–H and O–H groups in total. The molecule has 7 nitrogen and oxygen atoms in total. The SMILES string of the molecule is CCc1c(C)nc(-n2[nH]c(C)c(N=Nc3ccc(Cl)cc3)c2=O)nc1Cl. The van der Waals surface area contributed by atoms with Crippen LogP contribution in [-0.2, 0) is 6.42 Å². The second-order valence-electron chi connectivity index (χ2n) is 5.63. The number of aromatic amines is 1. The lowest BCUT2D eigenvalue weighted by Crippen LogP contribution is -2.18. The van der Waals surface area contributed by atoms with Crippen molar-refractivity contribution >= 4 is 34.6 Å². The summed E-state index contributed by atoms with van der Waals surface area (Å²) in [7, 11) is 0. The number of hydrogen-bond acceptors (Lipinski definition) is 5. The minimum atomic E-state index is -0.403. The van der Waals surface area contributed by atoms with E-state index in [1.165, 1.54) is 4.68 Å². The van der Waals surface area contributed by atoms with Crippen LogP contribution >= 0.6 is 23.2 Å². The molecule has 0 unspecified atom stereocenters. The molecule has 0 aliphatic carbocycles. The average Bonchev–Trinajstić information content (AvgIpc) is 2.88. The molecule has 0 amide bonds. The van der Waals surface area contributed by atoms with Crippen molar-refractivity contribution in [3.63, 3.8) is 0 Å². The third-order valence-corrected chi connectivity index (χ3v) is 4.40. The Kier molecular flexibility index (Phi) is 5.20. The molecular formula is C17H16Cl2N6O. The van der Waals surface area contributed by atoms with Gasteiger partial charge in [-0.3, -0.25) is 9.89 Å². The van der Waals surface area contributed by atoms with E-state index < -0.39 is 5.56 Å². The van der Waals surface area contributed by atoms with Crippen LogP contribution < -0.4 is 5.56 Å². The van der Waals surface area contributed by atoms with Gasteiger partial charge in [-0.25, -0.2) is 4.98 Å². The third-order valence-electron chi connectivity index (χ3n) is 3.84. The topological polar surface area (TPSA) is 88.3 Å². The average molecular weight is 391 g/mol. The molecule has 0 radical (unpaired) electrons. The number of nitrogens with zero attached hydrogens (tertiary/aromatic N) is 5. The van der Waals surface area contributed by atoms with Gasteiger partial charge in [-0.15, -0.1) is 5.11 Å². The Morgan fingerprint density at radius 3 is 2.42 bits per heavy atom. The van der Waals surface area contributed by atoms with E-state index in [1.807, 2.05) is 13.8 Å². The minimum absolute atomic E-state index is 0.172. The molecule has 0 aliphatic rings. The van der Waals surface area contributed by atoms with Crippen LogP contribution in [0.3, 0.4) is 0 Å². The van der Waals surface area contributed by atoms with E-state index in [0.717, 1.165) is 11.3 Å². The van der Waals surface area contributed by atoms with Crippen LogP contribution in [0.1, 0.15) is 23.9 Å². The van der Waals surface area contributed by atoms with Crippen molar-refractivity contribution in [1.29, 1.82) is 0 Å². The number of azo groups is 1. The number of rotatable bonds is 4. The second-order valence-corrected chi connectivity index (χ2v) is 6.43. The summed E-state index contributed by atoms with van der Waals surface area (Å²) in [6.07, 6.45) is 0.712. The molecule has 2 aromatic heterocycles. The molecule has 9 heteroatoms. The summed E-state index contributed by atoms with van der Waals surface area (Å²) in [5.74, 6) is 0.172. The number of aromatic nitrogens is 4. The number of H-pyrrole nitrogens is 1. The van der Waals surface area contributed by atoms with Gasteiger partial charge in [-0.2, -0.15) is 14.8 Å². The smallest absolute Gasteiger partial charge is 0.290 e. The van der Waals surface area contributed by atoms with Crippen molar-refractivity contribution in [2.24, 2.45) is 10.2 Å². The summed E-state index contributed by atoms with van der Waals surface area (Å²) in [4.78, 5) is 21.3. The molecular weight excluding hydrogens is 375 g/mol. The van der Waals surface area contributed by atoms with Gasteiger partial charge in [-0.05, 0) is 44.5 Å². The molecule has 0 atom stereocenters. The number of nitrogens with one attached hydrogen (secondary N) is 1. The Hall–Kier alpha value is -2.51.